The fraction of sp³-hybridized carbons (Fsp3) is 0.143. The first-order valence-electron chi connectivity index (χ1n) is 5.92. The summed E-state index contributed by atoms with van der Waals surface area (Å²) in [5.74, 6) is -0.162. The number of rotatable bonds is 4. The molecule has 0 aliphatic carbocycles. The Kier molecular flexibility index (Phi) is 4.88. The first-order chi connectivity index (χ1) is 10.0. The number of nitrogens with zero attached hydrogens (tertiary/aromatic N) is 1. The van der Waals surface area contributed by atoms with Crippen LogP contribution in [0.3, 0.4) is 0 Å². The molecule has 2 rings (SSSR count). The highest BCUT2D eigenvalue weighted by Gasteiger charge is 2.14. The van der Waals surface area contributed by atoms with E-state index in [2.05, 4.69) is 4.98 Å². The minimum Gasteiger partial charge on any atom is -0.481 e. The third-order valence-electron chi connectivity index (χ3n) is 2.69. The second-order valence-electron chi connectivity index (χ2n) is 4.11. The molecule has 1 aromatic carbocycles. The minimum atomic E-state index is -0.564. The van der Waals surface area contributed by atoms with Gasteiger partial charge in [-0.15, -0.1) is 0 Å². The van der Waals surface area contributed by atoms with Crippen LogP contribution in [0, 0.1) is 0 Å². The Morgan fingerprint density at radius 3 is 2.81 bits per heavy atom. The third kappa shape index (κ3) is 3.56. The van der Waals surface area contributed by atoms with Crippen LogP contribution in [0.2, 0.25) is 10.0 Å². The monoisotopic (exact) mass is 326 g/mol. The number of carbonyl (C=O) groups is 1. The van der Waals surface area contributed by atoms with Crippen molar-refractivity contribution < 1.29 is 14.3 Å². The van der Waals surface area contributed by atoms with E-state index in [-0.39, 0.29) is 27.9 Å². The Hall–Kier alpha value is -1.98. The van der Waals surface area contributed by atoms with Gasteiger partial charge in [-0.2, -0.15) is 0 Å². The lowest BCUT2D eigenvalue weighted by Crippen LogP contribution is -2.07. The van der Waals surface area contributed by atoms with Gasteiger partial charge in [0, 0.05) is 6.20 Å². The number of methoxy groups -OCH3 is 1. The van der Waals surface area contributed by atoms with E-state index in [0.29, 0.717) is 11.4 Å². The Morgan fingerprint density at radius 2 is 2.14 bits per heavy atom. The summed E-state index contributed by atoms with van der Waals surface area (Å²) in [6, 6.07) is 6.30. The van der Waals surface area contributed by atoms with Gasteiger partial charge in [0.05, 0.1) is 34.0 Å². The summed E-state index contributed by atoms with van der Waals surface area (Å²) in [6.07, 6.45) is 1.59. The van der Waals surface area contributed by atoms with E-state index in [9.17, 15) is 4.79 Å². The zero-order valence-corrected chi connectivity index (χ0v) is 12.6. The van der Waals surface area contributed by atoms with Crippen LogP contribution in [-0.2, 0) is 11.3 Å². The molecule has 0 aliphatic rings. The van der Waals surface area contributed by atoms with Crippen molar-refractivity contribution in [2.24, 2.45) is 0 Å². The van der Waals surface area contributed by atoms with Crippen LogP contribution >= 0.6 is 23.2 Å². The number of carbonyl (C=O) groups excluding carboxylic acids is 1. The Bertz CT molecular complexity index is 654. The van der Waals surface area contributed by atoms with Gasteiger partial charge in [-0.1, -0.05) is 23.2 Å². The van der Waals surface area contributed by atoms with Gasteiger partial charge in [-0.05, 0) is 24.3 Å². The zero-order chi connectivity index (χ0) is 15.4. The lowest BCUT2D eigenvalue weighted by Gasteiger charge is -2.09. The van der Waals surface area contributed by atoms with Crippen LogP contribution in [0.25, 0.3) is 0 Å². The van der Waals surface area contributed by atoms with Crippen molar-refractivity contribution in [3.05, 3.63) is 51.6 Å². The molecule has 0 atom stereocenters. The molecule has 1 heterocycles. The van der Waals surface area contributed by atoms with E-state index in [1.54, 1.807) is 18.3 Å². The van der Waals surface area contributed by atoms with Crippen molar-refractivity contribution in [2.45, 2.75) is 6.61 Å². The summed E-state index contributed by atoms with van der Waals surface area (Å²) in [5.41, 5.74) is 6.76. The maximum absolute atomic E-state index is 12.0. The number of nitrogen functional groups attached to an aromatic ring is 1. The summed E-state index contributed by atoms with van der Waals surface area (Å²) in [5, 5.41) is 0.407. The van der Waals surface area contributed by atoms with Crippen molar-refractivity contribution in [1.82, 2.24) is 4.98 Å². The Morgan fingerprint density at radius 1 is 1.38 bits per heavy atom. The first-order valence-corrected chi connectivity index (χ1v) is 6.68. The fourth-order valence-electron chi connectivity index (χ4n) is 1.67. The van der Waals surface area contributed by atoms with Crippen LogP contribution in [0.15, 0.2) is 30.5 Å². The smallest absolute Gasteiger partial charge is 0.338 e. The molecular formula is C14H12Cl2N2O3. The van der Waals surface area contributed by atoms with Gasteiger partial charge < -0.3 is 15.2 Å². The summed E-state index contributed by atoms with van der Waals surface area (Å²) < 4.78 is 10.3. The van der Waals surface area contributed by atoms with Crippen LogP contribution in [0.4, 0.5) is 5.69 Å². The van der Waals surface area contributed by atoms with Crippen LogP contribution in [0.1, 0.15) is 15.9 Å². The van der Waals surface area contributed by atoms with Crippen LogP contribution in [0.5, 0.6) is 5.88 Å². The minimum absolute atomic E-state index is 0.0238. The van der Waals surface area contributed by atoms with E-state index >= 15 is 0 Å². The highest BCUT2D eigenvalue weighted by atomic mass is 35.5. The molecule has 0 fully saturated rings. The van der Waals surface area contributed by atoms with Gasteiger partial charge in [0.1, 0.15) is 6.61 Å². The van der Waals surface area contributed by atoms with Gasteiger partial charge in [-0.3, -0.25) is 0 Å². The number of ether oxygens (including phenoxy) is 2. The molecular weight excluding hydrogens is 315 g/mol. The first kappa shape index (κ1) is 15.4. The number of esters is 1. The Balaban J connectivity index is 2.12. The number of benzene rings is 1. The number of pyridine rings is 1. The van der Waals surface area contributed by atoms with Crippen molar-refractivity contribution in [1.29, 1.82) is 0 Å². The topological polar surface area (TPSA) is 74.4 Å². The molecule has 7 heteroatoms. The maximum Gasteiger partial charge on any atom is 0.338 e. The number of anilines is 1. The molecule has 1 aromatic heterocycles. The number of halogens is 2. The van der Waals surface area contributed by atoms with Gasteiger partial charge in [0.15, 0.2) is 0 Å². The van der Waals surface area contributed by atoms with Crippen LogP contribution in [-0.4, -0.2) is 18.1 Å². The average Bonchev–Trinajstić information content (AvgIpc) is 2.49. The molecule has 0 saturated heterocycles. The third-order valence-corrected chi connectivity index (χ3v) is 3.51. The molecule has 0 radical (unpaired) electrons. The highest BCUT2D eigenvalue weighted by molar-refractivity contribution is 6.43. The predicted molar refractivity (Wildman–Crippen MR) is 80.8 cm³/mol. The van der Waals surface area contributed by atoms with Gasteiger partial charge >= 0.3 is 5.97 Å². The summed E-state index contributed by atoms with van der Waals surface area (Å²) in [6.45, 7) is 0.0238. The normalized spacial score (nSPS) is 10.2. The molecule has 0 aliphatic heterocycles. The number of aromatic nitrogens is 1. The number of nitrogens with two attached hydrogens (primary N) is 1. The quantitative estimate of drug-likeness (QED) is 0.689. The molecule has 5 nitrogen and oxygen atoms in total. The SMILES string of the molecule is COc1ncccc1COC(=O)c1cc(N)c(Cl)c(Cl)c1. The van der Waals surface area contributed by atoms with E-state index in [1.807, 2.05) is 0 Å². The summed E-state index contributed by atoms with van der Waals surface area (Å²) in [7, 11) is 1.49. The lowest BCUT2D eigenvalue weighted by molar-refractivity contribution is 0.0469. The van der Waals surface area contributed by atoms with Gasteiger partial charge in [0.2, 0.25) is 5.88 Å². The van der Waals surface area contributed by atoms with Crippen molar-refractivity contribution >= 4 is 34.9 Å². The van der Waals surface area contributed by atoms with Gasteiger partial charge in [0.25, 0.3) is 0 Å². The van der Waals surface area contributed by atoms with Crippen LogP contribution < -0.4 is 10.5 Å². The highest BCUT2D eigenvalue weighted by Crippen LogP contribution is 2.29. The maximum atomic E-state index is 12.0. The standard InChI is InChI=1S/C14H12Cl2N2O3/c1-20-13-8(3-2-4-18-13)7-21-14(19)9-5-10(15)12(16)11(17)6-9/h2-6H,7,17H2,1H3. The molecule has 21 heavy (non-hydrogen) atoms. The summed E-state index contributed by atoms with van der Waals surface area (Å²) >= 11 is 11.7. The second-order valence-corrected chi connectivity index (χ2v) is 4.89. The Labute approximate surface area is 131 Å². The molecule has 0 saturated carbocycles. The summed E-state index contributed by atoms with van der Waals surface area (Å²) in [4.78, 5) is 16.0. The lowest BCUT2D eigenvalue weighted by atomic mass is 10.2. The average molecular weight is 327 g/mol. The van der Waals surface area contributed by atoms with Crippen molar-refractivity contribution in [3.63, 3.8) is 0 Å². The fourth-order valence-corrected chi connectivity index (χ4v) is 2.01. The van der Waals surface area contributed by atoms with E-state index in [4.69, 9.17) is 38.4 Å². The molecule has 0 unspecified atom stereocenters. The van der Waals surface area contributed by atoms with E-state index in [1.165, 1.54) is 19.2 Å². The molecule has 0 bridgehead atoms. The van der Waals surface area contributed by atoms with E-state index < -0.39 is 5.97 Å². The molecule has 2 N–H and O–H groups in total. The largest absolute Gasteiger partial charge is 0.481 e. The molecule has 2 aromatic rings. The zero-order valence-electron chi connectivity index (χ0n) is 11.1. The molecule has 110 valence electrons. The number of hydrogen-bond donors (Lipinski definition) is 1. The molecule has 0 amide bonds. The van der Waals surface area contributed by atoms with E-state index in [0.717, 1.165) is 0 Å². The van der Waals surface area contributed by atoms with Crippen molar-refractivity contribution in [3.8, 4) is 5.88 Å². The van der Waals surface area contributed by atoms with Gasteiger partial charge in [-0.25, -0.2) is 9.78 Å². The molecule has 0 spiro atoms. The predicted octanol–water partition coefficient (Wildman–Crippen LogP) is 3.34. The second kappa shape index (κ2) is 6.65. The van der Waals surface area contributed by atoms with Crippen molar-refractivity contribution in [2.75, 3.05) is 12.8 Å². The number of hydrogen-bond acceptors (Lipinski definition) is 5.